The third-order valence-electron chi connectivity index (χ3n) is 4.37. The summed E-state index contributed by atoms with van der Waals surface area (Å²) in [6.45, 7) is 6.47. The Morgan fingerprint density at radius 2 is 1.36 bits per heavy atom. The van der Waals surface area contributed by atoms with Crippen molar-refractivity contribution in [1.29, 1.82) is 0 Å². The Hall–Kier alpha value is -2.62. The van der Waals surface area contributed by atoms with E-state index in [-0.39, 0.29) is 23.1 Å². The molecule has 0 aromatic heterocycles. The molecular formula is C21H24N2O2. The number of hydrogen-bond acceptors (Lipinski definition) is 2. The monoisotopic (exact) mass is 336 g/mol. The molecule has 0 spiro atoms. The van der Waals surface area contributed by atoms with E-state index in [4.69, 9.17) is 0 Å². The maximum atomic E-state index is 12.3. The van der Waals surface area contributed by atoms with Crippen molar-refractivity contribution in [2.45, 2.75) is 39.0 Å². The van der Waals surface area contributed by atoms with E-state index in [1.807, 2.05) is 24.3 Å². The van der Waals surface area contributed by atoms with E-state index in [9.17, 15) is 9.59 Å². The van der Waals surface area contributed by atoms with Gasteiger partial charge in [-0.15, -0.1) is 0 Å². The minimum absolute atomic E-state index is 0.0659. The fourth-order valence-electron chi connectivity index (χ4n) is 2.55. The van der Waals surface area contributed by atoms with Crippen molar-refractivity contribution in [3.63, 3.8) is 0 Å². The molecule has 4 heteroatoms. The van der Waals surface area contributed by atoms with Crippen LogP contribution in [0.15, 0.2) is 48.5 Å². The summed E-state index contributed by atoms with van der Waals surface area (Å²) < 4.78 is 0. The van der Waals surface area contributed by atoms with Gasteiger partial charge in [0.15, 0.2) is 0 Å². The van der Waals surface area contributed by atoms with Gasteiger partial charge in [0.2, 0.25) is 5.91 Å². The van der Waals surface area contributed by atoms with Crippen LogP contribution >= 0.6 is 0 Å². The van der Waals surface area contributed by atoms with E-state index in [1.54, 1.807) is 24.3 Å². The van der Waals surface area contributed by atoms with Gasteiger partial charge in [-0.05, 0) is 60.2 Å². The molecule has 4 nitrogen and oxygen atoms in total. The van der Waals surface area contributed by atoms with Crippen LogP contribution in [-0.2, 0) is 10.2 Å². The molecule has 2 amide bonds. The van der Waals surface area contributed by atoms with Gasteiger partial charge in [0, 0.05) is 22.9 Å². The third-order valence-corrected chi connectivity index (χ3v) is 4.37. The van der Waals surface area contributed by atoms with Crippen molar-refractivity contribution in [2.75, 3.05) is 10.6 Å². The first-order chi connectivity index (χ1) is 11.8. The molecule has 0 aliphatic heterocycles. The summed E-state index contributed by atoms with van der Waals surface area (Å²) in [4.78, 5) is 24.1. The van der Waals surface area contributed by atoms with Crippen LogP contribution in [0.2, 0.25) is 0 Å². The van der Waals surface area contributed by atoms with Gasteiger partial charge in [0.25, 0.3) is 5.91 Å². The molecule has 2 aromatic carbocycles. The van der Waals surface area contributed by atoms with Crippen LogP contribution in [-0.4, -0.2) is 11.8 Å². The Bertz CT molecular complexity index is 767. The van der Waals surface area contributed by atoms with Gasteiger partial charge in [-0.1, -0.05) is 32.9 Å². The van der Waals surface area contributed by atoms with Crippen molar-refractivity contribution < 1.29 is 9.59 Å². The number of nitrogens with one attached hydrogen (secondary N) is 2. The van der Waals surface area contributed by atoms with Crippen LogP contribution in [0.1, 0.15) is 49.5 Å². The molecule has 2 N–H and O–H groups in total. The molecule has 0 unspecified atom stereocenters. The van der Waals surface area contributed by atoms with E-state index in [1.165, 1.54) is 5.56 Å². The first-order valence-electron chi connectivity index (χ1n) is 8.66. The van der Waals surface area contributed by atoms with Gasteiger partial charge in [-0.2, -0.15) is 0 Å². The Balaban J connectivity index is 1.61. The summed E-state index contributed by atoms with van der Waals surface area (Å²) >= 11 is 0. The molecule has 0 heterocycles. The maximum absolute atomic E-state index is 12.3. The van der Waals surface area contributed by atoms with Crippen molar-refractivity contribution in [3.05, 3.63) is 59.7 Å². The molecule has 1 aliphatic carbocycles. The lowest BCUT2D eigenvalue weighted by atomic mass is 9.87. The lowest BCUT2D eigenvalue weighted by Gasteiger charge is -2.19. The number of rotatable bonds is 4. The van der Waals surface area contributed by atoms with Crippen molar-refractivity contribution in [2.24, 2.45) is 5.92 Å². The summed E-state index contributed by atoms with van der Waals surface area (Å²) in [7, 11) is 0. The normalized spacial score (nSPS) is 14.0. The number of hydrogen-bond donors (Lipinski definition) is 2. The molecular weight excluding hydrogens is 312 g/mol. The van der Waals surface area contributed by atoms with Crippen molar-refractivity contribution >= 4 is 23.2 Å². The smallest absolute Gasteiger partial charge is 0.255 e. The second kappa shape index (κ2) is 6.71. The SMILES string of the molecule is CC(C)(C)c1ccc(NC(=O)c2ccc(NC(=O)C3CC3)cc2)cc1. The maximum Gasteiger partial charge on any atom is 0.255 e. The Kier molecular flexibility index (Phi) is 4.62. The fourth-order valence-corrected chi connectivity index (χ4v) is 2.55. The number of anilines is 2. The van der Waals surface area contributed by atoms with E-state index >= 15 is 0 Å². The zero-order valence-corrected chi connectivity index (χ0v) is 14.9. The summed E-state index contributed by atoms with van der Waals surface area (Å²) in [5.41, 5.74) is 3.36. The molecule has 0 radical (unpaired) electrons. The third kappa shape index (κ3) is 4.47. The zero-order chi connectivity index (χ0) is 18.0. The highest BCUT2D eigenvalue weighted by atomic mass is 16.2. The number of carbonyl (C=O) groups is 2. The lowest BCUT2D eigenvalue weighted by Crippen LogP contribution is -2.15. The van der Waals surface area contributed by atoms with E-state index in [0.29, 0.717) is 5.56 Å². The molecule has 0 saturated heterocycles. The van der Waals surface area contributed by atoms with E-state index < -0.39 is 0 Å². The van der Waals surface area contributed by atoms with Crippen LogP contribution in [0, 0.1) is 5.92 Å². The molecule has 1 saturated carbocycles. The fraction of sp³-hybridized carbons (Fsp3) is 0.333. The highest BCUT2D eigenvalue weighted by Crippen LogP contribution is 2.30. The number of benzene rings is 2. The minimum Gasteiger partial charge on any atom is -0.326 e. The largest absolute Gasteiger partial charge is 0.326 e. The van der Waals surface area contributed by atoms with Crippen LogP contribution < -0.4 is 10.6 Å². The summed E-state index contributed by atoms with van der Waals surface area (Å²) in [5, 5.41) is 5.77. The zero-order valence-electron chi connectivity index (χ0n) is 14.9. The van der Waals surface area contributed by atoms with Gasteiger partial charge >= 0.3 is 0 Å². The van der Waals surface area contributed by atoms with Gasteiger partial charge in [0.1, 0.15) is 0 Å². The van der Waals surface area contributed by atoms with Crippen molar-refractivity contribution in [1.82, 2.24) is 0 Å². The minimum atomic E-state index is -0.163. The van der Waals surface area contributed by atoms with Gasteiger partial charge < -0.3 is 10.6 Å². The lowest BCUT2D eigenvalue weighted by molar-refractivity contribution is -0.117. The second-order valence-corrected chi connectivity index (χ2v) is 7.62. The molecule has 0 bridgehead atoms. The van der Waals surface area contributed by atoms with Crippen LogP contribution in [0.3, 0.4) is 0 Å². The summed E-state index contributed by atoms with van der Waals surface area (Å²) in [6, 6.07) is 14.9. The topological polar surface area (TPSA) is 58.2 Å². The Morgan fingerprint density at radius 1 is 0.840 bits per heavy atom. The highest BCUT2D eigenvalue weighted by molar-refractivity contribution is 6.04. The average Bonchev–Trinajstić information content (AvgIpc) is 3.40. The molecule has 25 heavy (non-hydrogen) atoms. The van der Waals surface area contributed by atoms with Crippen LogP contribution in [0.5, 0.6) is 0 Å². The van der Waals surface area contributed by atoms with E-state index in [2.05, 4.69) is 31.4 Å². The molecule has 3 rings (SSSR count). The number of amides is 2. The number of carbonyl (C=O) groups excluding carboxylic acids is 2. The summed E-state index contributed by atoms with van der Waals surface area (Å²) in [5.74, 6) is 0.0683. The van der Waals surface area contributed by atoms with Gasteiger partial charge in [-0.3, -0.25) is 9.59 Å². The standard InChI is InChI=1S/C21H24N2O2/c1-21(2,3)16-8-12-18(13-9-16)23-20(25)15-6-10-17(11-7-15)22-19(24)14-4-5-14/h6-14H,4-5H2,1-3H3,(H,22,24)(H,23,25). The van der Waals surface area contributed by atoms with Gasteiger partial charge in [0.05, 0.1) is 0 Å². The molecule has 1 fully saturated rings. The molecule has 2 aromatic rings. The Labute approximate surface area is 148 Å². The van der Waals surface area contributed by atoms with Crippen LogP contribution in [0.25, 0.3) is 0 Å². The van der Waals surface area contributed by atoms with Crippen molar-refractivity contribution in [3.8, 4) is 0 Å². The average molecular weight is 336 g/mol. The highest BCUT2D eigenvalue weighted by Gasteiger charge is 2.29. The predicted molar refractivity (Wildman–Crippen MR) is 101 cm³/mol. The van der Waals surface area contributed by atoms with E-state index in [0.717, 1.165) is 24.2 Å². The molecule has 0 atom stereocenters. The first-order valence-corrected chi connectivity index (χ1v) is 8.66. The molecule has 1 aliphatic rings. The first kappa shape index (κ1) is 17.2. The quantitative estimate of drug-likeness (QED) is 0.858. The predicted octanol–water partition coefficient (Wildman–Crippen LogP) is 4.58. The Morgan fingerprint density at radius 3 is 1.88 bits per heavy atom. The second-order valence-electron chi connectivity index (χ2n) is 7.62. The van der Waals surface area contributed by atoms with Crippen LogP contribution in [0.4, 0.5) is 11.4 Å². The molecule has 130 valence electrons. The summed E-state index contributed by atoms with van der Waals surface area (Å²) in [6.07, 6.45) is 1.95. The van der Waals surface area contributed by atoms with Gasteiger partial charge in [-0.25, -0.2) is 0 Å².